The van der Waals surface area contributed by atoms with Crippen molar-refractivity contribution in [3.8, 4) is 0 Å². The summed E-state index contributed by atoms with van der Waals surface area (Å²) >= 11 is 0. The van der Waals surface area contributed by atoms with Crippen molar-refractivity contribution in [1.29, 1.82) is 0 Å². The number of carbonyl (C=O) groups excluding carboxylic acids is 2. The van der Waals surface area contributed by atoms with Crippen molar-refractivity contribution < 1.29 is 19.5 Å². The normalized spacial score (nSPS) is 9.61. The lowest BCUT2D eigenvalue weighted by molar-refractivity contribution is -0.137. The van der Waals surface area contributed by atoms with E-state index in [0.29, 0.717) is 25.9 Å². The highest BCUT2D eigenvalue weighted by Gasteiger charge is 2.03. The van der Waals surface area contributed by atoms with Crippen LogP contribution in [-0.2, 0) is 9.59 Å². The minimum atomic E-state index is -0.841. The van der Waals surface area contributed by atoms with Crippen LogP contribution in [0.3, 0.4) is 0 Å². The molecule has 0 bridgehead atoms. The lowest BCUT2D eigenvalue weighted by atomic mass is 10.2. The molecule has 0 aliphatic carbocycles. The predicted octanol–water partition coefficient (Wildman–Crippen LogP) is 0.0667. The predicted molar refractivity (Wildman–Crippen MR) is 66.2 cm³/mol. The van der Waals surface area contributed by atoms with E-state index in [-0.39, 0.29) is 18.9 Å². The average molecular weight is 259 g/mol. The van der Waals surface area contributed by atoms with Gasteiger partial charge in [0.25, 0.3) is 0 Å². The number of aliphatic carboxylic acids is 1. The molecule has 0 rings (SSSR count). The van der Waals surface area contributed by atoms with Gasteiger partial charge in [0, 0.05) is 19.5 Å². The first-order valence-corrected chi connectivity index (χ1v) is 6.06. The monoisotopic (exact) mass is 259 g/mol. The number of unbranched alkanes of at least 4 members (excludes halogenated alkanes) is 1. The molecule has 0 unspecified atom stereocenters. The molecule has 0 spiro atoms. The fourth-order valence-electron chi connectivity index (χ4n) is 1.15. The smallest absolute Gasteiger partial charge is 0.315 e. The van der Waals surface area contributed by atoms with E-state index in [2.05, 4.69) is 16.0 Å². The van der Waals surface area contributed by atoms with E-state index in [4.69, 9.17) is 5.11 Å². The van der Waals surface area contributed by atoms with Crippen LogP contribution in [0.4, 0.5) is 4.79 Å². The third kappa shape index (κ3) is 10.7. The van der Waals surface area contributed by atoms with Crippen LogP contribution in [0.25, 0.3) is 0 Å². The zero-order chi connectivity index (χ0) is 13.8. The van der Waals surface area contributed by atoms with Crippen LogP contribution in [0.5, 0.6) is 0 Å². The number of urea groups is 1. The molecule has 0 atom stereocenters. The third-order valence-corrected chi connectivity index (χ3v) is 2.08. The van der Waals surface area contributed by atoms with Crippen molar-refractivity contribution in [2.24, 2.45) is 0 Å². The fraction of sp³-hybridized carbons (Fsp3) is 0.727. The lowest BCUT2D eigenvalue weighted by Crippen LogP contribution is -2.42. The van der Waals surface area contributed by atoms with Crippen LogP contribution in [-0.4, -0.2) is 42.6 Å². The molecule has 0 fully saturated rings. The van der Waals surface area contributed by atoms with Gasteiger partial charge in [-0.2, -0.15) is 0 Å². The maximum absolute atomic E-state index is 11.2. The van der Waals surface area contributed by atoms with Crippen molar-refractivity contribution in [1.82, 2.24) is 16.0 Å². The number of hydrogen-bond donors (Lipinski definition) is 4. The summed E-state index contributed by atoms with van der Waals surface area (Å²) in [6, 6.07) is -0.419. The van der Waals surface area contributed by atoms with Crippen LogP contribution < -0.4 is 16.0 Å². The molecule has 0 saturated heterocycles. The highest BCUT2D eigenvalue weighted by Crippen LogP contribution is 1.92. The van der Waals surface area contributed by atoms with Gasteiger partial charge >= 0.3 is 12.0 Å². The average Bonchev–Trinajstić information content (AvgIpc) is 2.33. The van der Waals surface area contributed by atoms with Crippen molar-refractivity contribution in [3.05, 3.63) is 0 Å². The van der Waals surface area contributed by atoms with Crippen LogP contribution >= 0.6 is 0 Å². The van der Waals surface area contributed by atoms with E-state index in [9.17, 15) is 14.4 Å². The first kappa shape index (κ1) is 16.2. The van der Waals surface area contributed by atoms with Gasteiger partial charge < -0.3 is 21.1 Å². The molecule has 0 heterocycles. The van der Waals surface area contributed by atoms with E-state index in [0.717, 1.165) is 6.42 Å². The van der Waals surface area contributed by atoms with Crippen LogP contribution in [0.2, 0.25) is 0 Å². The molecule has 7 nitrogen and oxygen atoms in total. The maximum atomic E-state index is 11.2. The Morgan fingerprint density at radius 1 is 1.00 bits per heavy atom. The number of carboxylic acids is 1. The van der Waals surface area contributed by atoms with Gasteiger partial charge in [-0.3, -0.25) is 9.59 Å². The molecule has 3 amide bonds. The molecule has 0 radical (unpaired) electrons. The first-order valence-electron chi connectivity index (χ1n) is 6.06. The van der Waals surface area contributed by atoms with E-state index in [1.54, 1.807) is 0 Å². The molecular weight excluding hydrogens is 238 g/mol. The lowest BCUT2D eigenvalue weighted by Gasteiger charge is -2.07. The molecule has 0 aromatic carbocycles. The minimum Gasteiger partial charge on any atom is -0.481 e. The van der Waals surface area contributed by atoms with Gasteiger partial charge in [-0.05, 0) is 19.3 Å². The van der Waals surface area contributed by atoms with Crippen LogP contribution in [0.1, 0.15) is 32.6 Å². The van der Waals surface area contributed by atoms with E-state index in [1.807, 2.05) is 6.92 Å². The molecular formula is C11H21N3O4. The molecule has 0 aromatic heterocycles. The van der Waals surface area contributed by atoms with Crippen molar-refractivity contribution in [3.63, 3.8) is 0 Å². The first-order chi connectivity index (χ1) is 8.56. The number of amides is 3. The molecule has 0 saturated carbocycles. The summed E-state index contributed by atoms with van der Waals surface area (Å²) in [4.78, 5) is 32.6. The minimum absolute atomic E-state index is 0.0546. The Morgan fingerprint density at radius 3 is 2.33 bits per heavy atom. The molecule has 18 heavy (non-hydrogen) atoms. The van der Waals surface area contributed by atoms with E-state index >= 15 is 0 Å². The Bertz CT molecular complexity index is 281. The van der Waals surface area contributed by atoms with E-state index in [1.165, 1.54) is 0 Å². The summed E-state index contributed by atoms with van der Waals surface area (Å²) in [7, 11) is 0. The topological polar surface area (TPSA) is 108 Å². The highest BCUT2D eigenvalue weighted by atomic mass is 16.4. The Kier molecular flexibility index (Phi) is 9.34. The largest absolute Gasteiger partial charge is 0.481 e. The summed E-state index contributed by atoms with van der Waals surface area (Å²) in [5.41, 5.74) is 0. The van der Waals surface area contributed by atoms with Gasteiger partial charge in [0.05, 0.1) is 6.54 Å². The quantitative estimate of drug-likeness (QED) is 0.439. The summed E-state index contributed by atoms with van der Waals surface area (Å²) in [6.45, 7) is 2.88. The van der Waals surface area contributed by atoms with Crippen LogP contribution in [0.15, 0.2) is 0 Å². The molecule has 0 aliphatic rings. The molecule has 4 N–H and O–H groups in total. The summed E-state index contributed by atoms with van der Waals surface area (Å²) < 4.78 is 0. The molecule has 7 heteroatoms. The second-order valence-corrected chi connectivity index (χ2v) is 3.81. The molecule has 104 valence electrons. The Labute approximate surface area is 106 Å². The fourth-order valence-corrected chi connectivity index (χ4v) is 1.15. The van der Waals surface area contributed by atoms with Gasteiger partial charge in [0.15, 0.2) is 0 Å². The second kappa shape index (κ2) is 10.4. The van der Waals surface area contributed by atoms with Crippen LogP contribution in [0, 0.1) is 0 Å². The zero-order valence-electron chi connectivity index (χ0n) is 10.6. The number of rotatable bonds is 9. The summed E-state index contributed by atoms with van der Waals surface area (Å²) in [6.07, 6.45) is 2.07. The number of nitrogens with one attached hydrogen (secondary N) is 3. The third-order valence-electron chi connectivity index (χ3n) is 2.08. The zero-order valence-corrected chi connectivity index (χ0v) is 10.6. The number of carbonyl (C=O) groups is 3. The number of carboxylic acid groups (broad SMARTS) is 1. The van der Waals surface area contributed by atoms with Gasteiger partial charge in [0.2, 0.25) is 5.91 Å². The van der Waals surface area contributed by atoms with E-state index < -0.39 is 12.0 Å². The molecule has 0 aliphatic heterocycles. The highest BCUT2D eigenvalue weighted by molar-refractivity contribution is 5.83. The van der Waals surface area contributed by atoms with Crippen molar-refractivity contribution in [2.75, 3.05) is 19.6 Å². The summed E-state index contributed by atoms with van der Waals surface area (Å²) in [5.74, 6) is -1.06. The summed E-state index contributed by atoms with van der Waals surface area (Å²) in [5, 5.41) is 16.0. The molecule has 0 aromatic rings. The SMILES string of the molecule is CCCNC(=O)CNC(=O)NCCCCC(=O)O. The van der Waals surface area contributed by atoms with Gasteiger partial charge in [-0.15, -0.1) is 0 Å². The standard InChI is InChI=1S/C11H21N3O4/c1-2-6-12-9(15)8-14-11(18)13-7-4-3-5-10(16)17/h2-8H2,1H3,(H,12,15)(H,16,17)(H2,13,14,18). The Morgan fingerprint density at radius 2 is 1.72 bits per heavy atom. The Hall–Kier alpha value is -1.79. The Balaban J connectivity index is 3.42. The van der Waals surface area contributed by atoms with Crippen molar-refractivity contribution >= 4 is 17.9 Å². The van der Waals surface area contributed by atoms with Crippen molar-refractivity contribution in [2.45, 2.75) is 32.6 Å². The maximum Gasteiger partial charge on any atom is 0.315 e. The second-order valence-electron chi connectivity index (χ2n) is 3.81. The van der Waals surface area contributed by atoms with Gasteiger partial charge in [0.1, 0.15) is 0 Å². The van der Waals surface area contributed by atoms with Gasteiger partial charge in [-0.25, -0.2) is 4.79 Å². The van der Waals surface area contributed by atoms with Gasteiger partial charge in [-0.1, -0.05) is 6.92 Å². The number of hydrogen-bond acceptors (Lipinski definition) is 3.